The lowest BCUT2D eigenvalue weighted by Gasteiger charge is -2.23. The number of carbonyl (C=O) groups is 1. The fraction of sp³-hybridized carbons (Fsp3) is 0.733. The summed E-state index contributed by atoms with van der Waals surface area (Å²) in [5.74, 6) is -0.0868. The van der Waals surface area contributed by atoms with Crippen LogP contribution in [-0.4, -0.2) is 29.1 Å². The first-order valence-electron chi connectivity index (χ1n) is 7.43. The van der Waals surface area contributed by atoms with Gasteiger partial charge in [0, 0.05) is 13.1 Å². The second-order valence-electron chi connectivity index (χ2n) is 5.38. The number of aromatic nitrogens is 1. The van der Waals surface area contributed by atoms with Crippen LogP contribution in [0.3, 0.4) is 0 Å². The molecule has 0 amide bonds. The number of hydrogen-bond donors (Lipinski definition) is 1. The lowest BCUT2D eigenvalue weighted by atomic mass is 10.0. The fourth-order valence-corrected chi connectivity index (χ4v) is 3.08. The summed E-state index contributed by atoms with van der Waals surface area (Å²) < 4.78 is 0. The Labute approximate surface area is 125 Å². The topological polar surface area (TPSA) is 53.4 Å². The Bertz CT molecular complexity index is 445. The number of aromatic carboxylic acids is 1. The van der Waals surface area contributed by atoms with Gasteiger partial charge < -0.3 is 10.0 Å². The molecule has 0 aliphatic heterocycles. The quantitative estimate of drug-likeness (QED) is 0.780. The van der Waals surface area contributed by atoms with Gasteiger partial charge in [-0.3, -0.25) is 0 Å². The SMILES string of the molecule is CCC(C)CN(CC)c1nc(C(C)CC)c(C(=O)O)s1. The second kappa shape index (κ2) is 7.62. The summed E-state index contributed by atoms with van der Waals surface area (Å²) in [5.41, 5.74) is 0.739. The average molecular weight is 298 g/mol. The zero-order valence-electron chi connectivity index (χ0n) is 13.1. The van der Waals surface area contributed by atoms with Crippen LogP contribution >= 0.6 is 11.3 Å². The van der Waals surface area contributed by atoms with E-state index in [-0.39, 0.29) is 5.92 Å². The van der Waals surface area contributed by atoms with Gasteiger partial charge in [0.2, 0.25) is 0 Å². The number of thiazole rings is 1. The van der Waals surface area contributed by atoms with E-state index in [1.54, 1.807) is 0 Å². The summed E-state index contributed by atoms with van der Waals surface area (Å²) in [6.07, 6.45) is 2.02. The van der Waals surface area contributed by atoms with Crippen LogP contribution in [0.2, 0.25) is 0 Å². The van der Waals surface area contributed by atoms with Gasteiger partial charge in [-0.05, 0) is 25.2 Å². The Hall–Kier alpha value is -1.10. The lowest BCUT2D eigenvalue weighted by molar-refractivity contribution is 0.0700. The zero-order chi connectivity index (χ0) is 15.3. The summed E-state index contributed by atoms with van der Waals surface area (Å²) >= 11 is 1.31. The van der Waals surface area contributed by atoms with Gasteiger partial charge in [0.15, 0.2) is 5.13 Å². The van der Waals surface area contributed by atoms with Crippen LogP contribution in [0.25, 0.3) is 0 Å². The molecule has 0 bridgehead atoms. The number of rotatable bonds is 8. The van der Waals surface area contributed by atoms with Crippen LogP contribution in [-0.2, 0) is 0 Å². The Morgan fingerprint density at radius 3 is 2.40 bits per heavy atom. The van der Waals surface area contributed by atoms with Crippen molar-refractivity contribution in [2.45, 2.75) is 53.4 Å². The third-order valence-electron chi connectivity index (χ3n) is 3.80. The molecule has 0 aromatic carbocycles. The van der Waals surface area contributed by atoms with Crippen LogP contribution < -0.4 is 4.90 Å². The van der Waals surface area contributed by atoms with Crippen LogP contribution in [0.5, 0.6) is 0 Å². The molecule has 1 N–H and O–H groups in total. The third kappa shape index (κ3) is 3.95. The summed E-state index contributed by atoms with van der Waals surface area (Å²) in [4.78, 5) is 18.6. The minimum Gasteiger partial charge on any atom is -0.477 e. The van der Waals surface area contributed by atoms with Crippen molar-refractivity contribution in [2.24, 2.45) is 5.92 Å². The molecule has 0 aliphatic rings. The van der Waals surface area contributed by atoms with Crippen molar-refractivity contribution in [2.75, 3.05) is 18.0 Å². The molecule has 4 nitrogen and oxygen atoms in total. The van der Waals surface area contributed by atoms with Crippen molar-refractivity contribution in [3.63, 3.8) is 0 Å². The highest BCUT2D eigenvalue weighted by Crippen LogP contribution is 2.32. The maximum Gasteiger partial charge on any atom is 0.347 e. The molecule has 1 heterocycles. The Morgan fingerprint density at radius 2 is 1.95 bits per heavy atom. The summed E-state index contributed by atoms with van der Waals surface area (Å²) in [5, 5.41) is 10.2. The highest BCUT2D eigenvalue weighted by molar-refractivity contribution is 7.17. The normalized spacial score (nSPS) is 14.1. The average Bonchev–Trinajstić information content (AvgIpc) is 2.88. The van der Waals surface area contributed by atoms with E-state index in [2.05, 4.69) is 37.6 Å². The van der Waals surface area contributed by atoms with E-state index in [1.165, 1.54) is 11.3 Å². The van der Waals surface area contributed by atoms with Gasteiger partial charge in [0.25, 0.3) is 0 Å². The van der Waals surface area contributed by atoms with Gasteiger partial charge in [-0.2, -0.15) is 0 Å². The first kappa shape index (κ1) is 17.0. The highest BCUT2D eigenvalue weighted by Gasteiger charge is 2.23. The minimum atomic E-state index is -0.858. The molecule has 2 unspecified atom stereocenters. The first-order chi connectivity index (χ1) is 9.44. The smallest absolute Gasteiger partial charge is 0.347 e. The molecule has 1 aromatic rings. The van der Waals surface area contributed by atoms with E-state index in [0.29, 0.717) is 10.8 Å². The number of carboxylic acid groups (broad SMARTS) is 1. The number of carboxylic acids is 1. The van der Waals surface area contributed by atoms with Gasteiger partial charge in [-0.1, -0.05) is 45.5 Å². The zero-order valence-corrected chi connectivity index (χ0v) is 14.0. The number of nitrogens with zero attached hydrogens (tertiary/aromatic N) is 2. The third-order valence-corrected chi connectivity index (χ3v) is 4.92. The monoisotopic (exact) mass is 298 g/mol. The summed E-state index contributed by atoms with van der Waals surface area (Å²) in [7, 11) is 0. The standard InChI is InChI=1S/C15H26N2O2S/c1-6-10(4)9-17(8-3)15-16-12(11(5)7-2)13(20-15)14(18)19/h10-11H,6-9H2,1-5H3,(H,18,19). The summed E-state index contributed by atoms with van der Waals surface area (Å²) in [6.45, 7) is 12.4. The van der Waals surface area contributed by atoms with Gasteiger partial charge in [-0.25, -0.2) is 9.78 Å². The molecule has 2 atom stereocenters. The van der Waals surface area contributed by atoms with Gasteiger partial charge in [-0.15, -0.1) is 0 Å². The first-order valence-corrected chi connectivity index (χ1v) is 8.25. The molecular weight excluding hydrogens is 272 g/mol. The Morgan fingerprint density at radius 1 is 1.30 bits per heavy atom. The number of anilines is 1. The Kier molecular flexibility index (Phi) is 6.46. The van der Waals surface area contributed by atoms with Crippen molar-refractivity contribution >= 4 is 22.4 Å². The molecular formula is C15H26N2O2S. The lowest BCUT2D eigenvalue weighted by Crippen LogP contribution is -2.27. The summed E-state index contributed by atoms with van der Waals surface area (Å²) in [6, 6.07) is 0. The molecule has 0 aliphatic carbocycles. The maximum atomic E-state index is 11.4. The van der Waals surface area contributed by atoms with Crippen molar-refractivity contribution in [1.82, 2.24) is 4.98 Å². The van der Waals surface area contributed by atoms with E-state index < -0.39 is 5.97 Å². The maximum absolute atomic E-state index is 11.4. The highest BCUT2D eigenvalue weighted by atomic mass is 32.1. The molecule has 0 radical (unpaired) electrons. The molecule has 5 heteroatoms. The van der Waals surface area contributed by atoms with Crippen molar-refractivity contribution in [3.8, 4) is 0 Å². The van der Waals surface area contributed by atoms with E-state index >= 15 is 0 Å². The van der Waals surface area contributed by atoms with Crippen molar-refractivity contribution in [1.29, 1.82) is 0 Å². The molecule has 1 rings (SSSR count). The van der Waals surface area contributed by atoms with Crippen molar-refractivity contribution < 1.29 is 9.90 Å². The van der Waals surface area contributed by atoms with Gasteiger partial charge in [0.1, 0.15) is 4.88 Å². The molecule has 0 saturated carbocycles. The predicted molar refractivity (Wildman–Crippen MR) is 85.1 cm³/mol. The largest absolute Gasteiger partial charge is 0.477 e. The molecule has 114 valence electrons. The molecule has 0 fully saturated rings. The van der Waals surface area contributed by atoms with Crippen molar-refractivity contribution in [3.05, 3.63) is 10.6 Å². The van der Waals surface area contributed by atoms with Crippen LogP contribution in [0.1, 0.15) is 68.7 Å². The van der Waals surface area contributed by atoms with E-state index in [9.17, 15) is 9.90 Å². The fourth-order valence-electron chi connectivity index (χ4n) is 1.98. The van der Waals surface area contributed by atoms with E-state index in [4.69, 9.17) is 0 Å². The van der Waals surface area contributed by atoms with Gasteiger partial charge in [0.05, 0.1) is 5.69 Å². The van der Waals surface area contributed by atoms with Crippen LogP contribution in [0.4, 0.5) is 5.13 Å². The van der Waals surface area contributed by atoms with E-state index in [0.717, 1.165) is 36.8 Å². The molecule has 0 spiro atoms. The predicted octanol–water partition coefficient (Wildman–Crippen LogP) is 4.23. The second-order valence-corrected chi connectivity index (χ2v) is 6.35. The minimum absolute atomic E-state index is 0.188. The van der Waals surface area contributed by atoms with Gasteiger partial charge >= 0.3 is 5.97 Å². The van der Waals surface area contributed by atoms with E-state index in [1.807, 2.05) is 6.92 Å². The van der Waals surface area contributed by atoms with Crippen LogP contribution in [0, 0.1) is 5.92 Å². The van der Waals surface area contributed by atoms with Crippen LogP contribution in [0.15, 0.2) is 0 Å². The number of hydrogen-bond acceptors (Lipinski definition) is 4. The molecule has 0 saturated heterocycles. The molecule has 1 aromatic heterocycles. The molecule has 20 heavy (non-hydrogen) atoms. The Balaban J connectivity index is 3.08.